The molecule has 0 radical (unpaired) electrons. The number of benzene rings is 1. The van der Waals surface area contributed by atoms with E-state index in [1.807, 2.05) is 0 Å². The van der Waals surface area contributed by atoms with Gasteiger partial charge in [0.15, 0.2) is 9.84 Å². The van der Waals surface area contributed by atoms with Gasteiger partial charge < -0.3 is 10.6 Å². The van der Waals surface area contributed by atoms with Crippen LogP contribution < -0.4 is 10.6 Å². The van der Waals surface area contributed by atoms with E-state index in [1.54, 1.807) is 6.07 Å². The maximum atomic E-state index is 12.8. The predicted octanol–water partition coefficient (Wildman–Crippen LogP) is 1.78. The van der Waals surface area contributed by atoms with Crippen LogP contribution in [0.3, 0.4) is 0 Å². The van der Waals surface area contributed by atoms with E-state index in [0.29, 0.717) is 17.3 Å². The molecule has 1 aliphatic heterocycles. The number of nitriles is 1. The third-order valence-corrected chi connectivity index (χ3v) is 7.50. The van der Waals surface area contributed by atoms with Gasteiger partial charge in [0.25, 0.3) is 0 Å². The highest BCUT2D eigenvalue weighted by molar-refractivity contribution is 9.10. The maximum absolute atomic E-state index is 12.8. The lowest BCUT2D eigenvalue weighted by Crippen LogP contribution is -2.45. The van der Waals surface area contributed by atoms with E-state index in [-0.39, 0.29) is 28.8 Å². The van der Waals surface area contributed by atoms with Crippen LogP contribution >= 0.6 is 27.5 Å². The van der Waals surface area contributed by atoms with Gasteiger partial charge in [0.2, 0.25) is 5.91 Å². The second-order valence-corrected chi connectivity index (χ2v) is 9.64. The molecular weight excluding hydrogens is 418 g/mol. The van der Waals surface area contributed by atoms with Crippen molar-refractivity contribution < 1.29 is 13.2 Å². The van der Waals surface area contributed by atoms with Crippen LogP contribution in [0.4, 0.5) is 0 Å². The molecule has 1 aromatic rings. The van der Waals surface area contributed by atoms with Crippen LogP contribution in [0.2, 0.25) is 5.02 Å². The highest BCUT2D eigenvalue weighted by Crippen LogP contribution is 2.35. The van der Waals surface area contributed by atoms with E-state index in [2.05, 4.69) is 32.6 Å². The molecule has 9 heteroatoms. The summed E-state index contributed by atoms with van der Waals surface area (Å²) in [5.74, 6) is -0.325. The highest BCUT2D eigenvalue weighted by Gasteiger charge is 2.47. The molecular formula is C15H15BrClN3O3S. The molecule has 2 fully saturated rings. The molecule has 1 saturated carbocycles. The minimum absolute atomic E-state index is 0.0657. The summed E-state index contributed by atoms with van der Waals surface area (Å²) in [5.41, 5.74) is -0.759. The van der Waals surface area contributed by atoms with E-state index in [9.17, 15) is 13.2 Å². The number of carbonyl (C=O) groups excluding carboxylic acids is 1. The summed E-state index contributed by atoms with van der Waals surface area (Å²) in [4.78, 5) is 12.3. The van der Waals surface area contributed by atoms with E-state index >= 15 is 0 Å². The number of amides is 1. The van der Waals surface area contributed by atoms with E-state index < -0.39 is 26.7 Å². The van der Waals surface area contributed by atoms with Gasteiger partial charge in [-0.1, -0.05) is 27.5 Å². The first kappa shape index (κ1) is 17.7. The molecule has 1 aliphatic carbocycles. The predicted molar refractivity (Wildman–Crippen MR) is 92.3 cm³/mol. The van der Waals surface area contributed by atoms with Crippen molar-refractivity contribution in [3.63, 3.8) is 0 Å². The van der Waals surface area contributed by atoms with Crippen LogP contribution in [0.1, 0.15) is 19.3 Å². The van der Waals surface area contributed by atoms with Gasteiger partial charge >= 0.3 is 0 Å². The standard InChI is InChI=1S/C15H15BrClN3O3S/c16-9-1-2-13(11(17)5-9)24(22,23)10-6-12(19-7-10)14(21)20-15(8-18)3-4-15/h1-2,5,10,12,19H,3-4,6-7H2,(H,20,21)/t10-,12+/m1/s1. The monoisotopic (exact) mass is 431 g/mol. The van der Waals surface area contributed by atoms with E-state index in [0.717, 1.165) is 0 Å². The Morgan fingerprint density at radius 3 is 2.75 bits per heavy atom. The first-order valence-corrected chi connectivity index (χ1v) is 10.1. The molecule has 1 heterocycles. The van der Waals surface area contributed by atoms with Gasteiger partial charge in [-0.15, -0.1) is 0 Å². The largest absolute Gasteiger partial charge is 0.336 e. The molecule has 0 unspecified atom stereocenters. The number of rotatable bonds is 4. The Bertz CT molecular complexity index is 833. The van der Waals surface area contributed by atoms with Crippen molar-refractivity contribution >= 4 is 43.3 Å². The molecule has 1 amide bonds. The number of halogens is 2. The normalized spacial score (nSPS) is 25.0. The summed E-state index contributed by atoms with van der Waals surface area (Å²) in [5, 5.41) is 14.1. The quantitative estimate of drug-likeness (QED) is 0.755. The second-order valence-electron chi connectivity index (χ2n) is 6.12. The summed E-state index contributed by atoms with van der Waals surface area (Å²) >= 11 is 9.31. The van der Waals surface area contributed by atoms with E-state index in [4.69, 9.17) is 16.9 Å². The first-order chi connectivity index (χ1) is 11.3. The fraction of sp³-hybridized carbons (Fsp3) is 0.467. The van der Waals surface area contributed by atoms with Crippen molar-refractivity contribution in [1.82, 2.24) is 10.6 Å². The van der Waals surface area contributed by atoms with Crippen molar-refractivity contribution in [2.45, 2.75) is 41.0 Å². The van der Waals surface area contributed by atoms with Crippen molar-refractivity contribution in [3.8, 4) is 6.07 Å². The molecule has 2 aliphatic rings. The molecule has 0 aromatic heterocycles. The van der Waals surface area contributed by atoms with Gasteiger partial charge in [0, 0.05) is 11.0 Å². The lowest BCUT2D eigenvalue weighted by Gasteiger charge is -2.15. The average Bonchev–Trinajstić information content (AvgIpc) is 3.10. The topological polar surface area (TPSA) is 99.1 Å². The molecule has 2 atom stereocenters. The lowest BCUT2D eigenvalue weighted by atomic mass is 10.2. The van der Waals surface area contributed by atoms with Gasteiger partial charge in [0.05, 0.1) is 27.3 Å². The molecule has 24 heavy (non-hydrogen) atoms. The third-order valence-electron chi connectivity index (χ3n) is 4.37. The van der Waals surface area contributed by atoms with Crippen LogP contribution in [0.5, 0.6) is 0 Å². The van der Waals surface area contributed by atoms with Gasteiger partial charge in [-0.3, -0.25) is 4.79 Å². The Morgan fingerprint density at radius 1 is 1.46 bits per heavy atom. The average molecular weight is 433 g/mol. The highest BCUT2D eigenvalue weighted by atomic mass is 79.9. The van der Waals surface area contributed by atoms with Crippen molar-refractivity contribution in [2.75, 3.05) is 6.54 Å². The van der Waals surface area contributed by atoms with Crippen molar-refractivity contribution in [1.29, 1.82) is 5.26 Å². The molecule has 0 spiro atoms. The lowest BCUT2D eigenvalue weighted by molar-refractivity contribution is -0.123. The Morgan fingerprint density at radius 2 is 2.17 bits per heavy atom. The number of nitrogens with zero attached hydrogens (tertiary/aromatic N) is 1. The number of nitrogens with one attached hydrogen (secondary N) is 2. The third kappa shape index (κ3) is 3.31. The van der Waals surface area contributed by atoms with Crippen LogP contribution in [0.15, 0.2) is 27.6 Å². The van der Waals surface area contributed by atoms with Crippen LogP contribution in [-0.2, 0) is 14.6 Å². The molecule has 3 rings (SSSR count). The fourth-order valence-electron chi connectivity index (χ4n) is 2.74. The Hall–Kier alpha value is -1.14. The molecule has 2 N–H and O–H groups in total. The van der Waals surface area contributed by atoms with Crippen LogP contribution in [0, 0.1) is 11.3 Å². The summed E-state index contributed by atoms with van der Waals surface area (Å²) in [7, 11) is -3.65. The summed E-state index contributed by atoms with van der Waals surface area (Å²) < 4.78 is 26.2. The number of sulfone groups is 1. The fourth-order valence-corrected chi connectivity index (χ4v) is 5.44. The maximum Gasteiger partial charge on any atom is 0.238 e. The molecule has 128 valence electrons. The molecule has 6 nitrogen and oxygen atoms in total. The van der Waals surface area contributed by atoms with Crippen molar-refractivity contribution in [3.05, 3.63) is 27.7 Å². The van der Waals surface area contributed by atoms with Gasteiger partial charge in [0.1, 0.15) is 5.54 Å². The summed E-state index contributed by atoms with van der Waals surface area (Å²) in [6.07, 6.45) is 1.43. The smallest absolute Gasteiger partial charge is 0.238 e. The number of carbonyl (C=O) groups is 1. The van der Waals surface area contributed by atoms with Crippen LogP contribution in [0.25, 0.3) is 0 Å². The van der Waals surface area contributed by atoms with E-state index in [1.165, 1.54) is 12.1 Å². The zero-order chi connectivity index (χ0) is 17.5. The number of hydrogen-bond acceptors (Lipinski definition) is 5. The Labute approximate surface area is 153 Å². The van der Waals surface area contributed by atoms with Gasteiger partial charge in [-0.05, 0) is 37.5 Å². The SMILES string of the molecule is N#CC1(NC(=O)[C@@H]2C[C@@H](S(=O)(=O)c3ccc(Br)cc3Cl)CN2)CC1. The van der Waals surface area contributed by atoms with Gasteiger partial charge in [-0.25, -0.2) is 8.42 Å². The van der Waals surface area contributed by atoms with Crippen LogP contribution in [-0.4, -0.2) is 37.7 Å². The second kappa shape index (κ2) is 6.30. The van der Waals surface area contributed by atoms with Crippen molar-refractivity contribution in [2.24, 2.45) is 0 Å². The molecule has 0 bridgehead atoms. The Balaban J connectivity index is 1.73. The first-order valence-electron chi connectivity index (χ1n) is 7.43. The summed E-state index contributed by atoms with van der Waals surface area (Å²) in [6.45, 7) is 0.173. The number of hydrogen-bond donors (Lipinski definition) is 2. The summed E-state index contributed by atoms with van der Waals surface area (Å²) in [6, 6.07) is 6.08. The molecule has 1 saturated heterocycles. The Kier molecular flexibility index (Phi) is 4.64. The molecule has 1 aromatic carbocycles. The zero-order valence-corrected chi connectivity index (χ0v) is 15.7. The van der Waals surface area contributed by atoms with Gasteiger partial charge in [-0.2, -0.15) is 5.26 Å². The minimum atomic E-state index is -3.65. The minimum Gasteiger partial charge on any atom is -0.336 e. The zero-order valence-electron chi connectivity index (χ0n) is 12.6.